The molecule has 0 bridgehead atoms. The normalized spacial score (nSPS) is 20.2. The smallest absolute Gasteiger partial charge is 0.236 e. The minimum Gasteiger partial charge on any atom is -0.337 e. The average Bonchev–Trinajstić information content (AvgIpc) is 3.16. The Labute approximate surface area is 139 Å². The Bertz CT molecular complexity index is 722. The zero-order valence-corrected chi connectivity index (χ0v) is 14.1. The third-order valence-corrected chi connectivity index (χ3v) is 5.69. The minimum atomic E-state index is 0.197. The standard InChI is InChI=1S/C16H21N5OS/c1-11-18-15-3-2-13(10-21(15)19-11)17-8-16(22)20-6-4-14-12(9-20)5-7-23-14/h5,7,13,17H,2-4,6,8-10H2,1H3/t13-/m0/s1. The molecule has 1 amide bonds. The third-order valence-electron chi connectivity index (χ3n) is 4.67. The second kappa shape index (κ2) is 6.05. The number of nitrogens with zero attached hydrogens (tertiary/aromatic N) is 4. The molecular formula is C16H21N5OS. The SMILES string of the molecule is Cc1nc2n(n1)C[C@@H](NCC(=O)N1CCc3sccc3C1)CC2. The molecule has 0 spiro atoms. The average molecular weight is 331 g/mol. The van der Waals surface area contributed by atoms with Gasteiger partial charge in [-0.3, -0.25) is 4.79 Å². The number of amides is 1. The minimum absolute atomic E-state index is 0.197. The van der Waals surface area contributed by atoms with Crippen molar-refractivity contribution in [2.75, 3.05) is 13.1 Å². The number of aromatic nitrogens is 3. The van der Waals surface area contributed by atoms with Crippen molar-refractivity contribution in [1.82, 2.24) is 25.0 Å². The molecule has 4 heterocycles. The zero-order chi connectivity index (χ0) is 15.8. The molecule has 6 nitrogen and oxygen atoms in total. The van der Waals surface area contributed by atoms with Crippen LogP contribution < -0.4 is 5.32 Å². The molecule has 2 aromatic heterocycles. The molecule has 4 rings (SSSR count). The molecule has 0 aromatic carbocycles. The highest BCUT2D eigenvalue weighted by Crippen LogP contribution is 2.23. The van der Waals surface area contributed by atoms with E-state index in [2.05, 4.69) is 26.8 Å². The summed E-state index contributed by atoms with van der Waals surface area (Å²) in [6, 6.07) is 2.44. The Balaban J connectivity index is 1.31. The van der Waals surface area contributed by atoms with Crippen molar-refractivity contribution >= 4 is 17.2 Å². The van der Waals surface area contributed by atoms with Gasteiger partial charge in [0.05, 0.1) is 13.1 Å². The summed E-state index contributed by atoms with van der Waals surface area (Å²) in [6.07, 6.45) is 2.93. The van der Waals surface area contributed by atoms with Crippen molar-refractivity contribution < 1.29 is 4.79 Å². The van der Waals surface area contributed by atoms with Crippen molar-refractivity contribution in [2.24, 2.45) is 0 Å². The molecule has 7 heteroatoms. The predicted octanol–water partition coefficient (Wildman–Crippen LogP) is 1.14. The fraction of sp³-hybridized carbons (Fsp3) is 0.562. The van der Waals surface area contributed by atoms with Gasteiger partial charge in [-0.25, -0.2) is 9.67 Å². The van der Waals surface area contributed by atoms with Gasteiger partial charge in [0.2, 0.25) is 5.91 Å². The highest BCUT2D eigenvalue weighted by Gasteiger charge is 2.24. The van der Waals surface area contributed by atoms with Gasteiger partial charge >= 0.3 is 0 Å². The van der Waals surface area contributed by atoms with Gasteiger partial charge in [0.15, 0.2) is 0 Å². The largest absolute Gasteiger partial charge is 0.337 e. The summed E-state index contributed by atoms with van der Waals surface area (Å²) in [5.74, 6) is 2.09. The summed E-state index contributed by atoms with van der Waals surface area (Å²) in [7, 11) is 0. The number of carbonyl (C=O) groups excluding carboxylic acids is 1. The summed E-state index contributed by atoms with van der Waals surface area (Å²) in [4.78, 5) is 20.3. The first-order valence-corrected chi connectivity index (χ1v) is 9.04. The van der Waals surface area contributed by atoms with Crippen LogP contribution in [0, 0.1) is 6.92 Å². The topological polar surface area (TPSA) is 63.1 Å². The highest BCUT2D eigenvalue weighted by molar-refractivity contribution is 7.10. The molecule has 122 valence electrons. The van der Waals surface area contributed by atoms with Crippen LogP contribution >= 0.6 is 11.3 Å². The number of rotatable bonds is 3. The van der Waals surface area contributed by atoms with Crippen LogP contribution in [-0.2, 0) is 30.7 Å². The van der Waals surface area contributed by atoms with E-state index in [0.29, 0.717) is 12.6 Å². The maximum absolute atomic E-state index is 12.5. The van der Waals surface area contributed by atoms with Crippen LogP contribution in [0.1, 0.15) is 28.5 Å². The molecule has 0 radical (unpaired) electrons. The van der Waals surface area contributed by atoms with Gasteiger partial charge in [0.25, 0.3) is 0 Å². The monoisotopic (exact) mass is 331 g/mol. The molecule has 0 aliphatic carbocycles. The summed E-state index contributed by atoms with van der Waals surface area (Å²) in [5, 5.41) is 9.94. The van der Waals surface area contributed by atoms with Crippen LogP contribution in [0.4, 0.5) is 0 Å². The van der Waals surface area contributed by atoms with Crippen molar-refractivity contribution in [3.05, 3.63) is 33.5 Å². The molecule has 2 aliphatic heterocycles. The number of hydrogen-bond donors (Lipinski definition) is 1. The maximum Gasteiger partial charge on any atom is 0.236 e. The van der Waals surface area contributed by atoms with Crippen LogP contribution in [-0.4, -0.2) is 44.7 Å². The quantitative estimate of drug-likeness (QED) is 0.916. The molecule has 2 aromatic rings. The number of hydrogen-bond acceptors (Lipinski definition) is 5. The van der Waals surface area contributed by atoms with Gasteiger partial charge in [0.1, 0.15) is 11.6 Å². The lowest BCUT2D eigenvalue weighted by atomic mass is 10.1. The van der Waals surface area contributed by atoms with Crippen molar-refractivity contribution in [3.8, 4) is 0 Å². The van der Waals surface area contributed by atoms with Crippen LogP contribution in [0.5, 0.6) is 0 Å². The number of thiophene rings is 1. The van der Waals surface area contributed by atoms with E-state index < -0.39 is 0 Å². The van der Waals surface area contributed by atoms with E-state index >= 15 is 0 Å². The van der Waals surface area contributed by atoms with E-state index in [0.717, 1.165) is 50.5 Å². The van der Waals surface area contributed by atoms with Crippen LogP contribution in [0.15, 0.2) is 11.4 Å². The van der Waals surface area contributed by atoms with Gasteiger partial charge in [-0.1, -0.05) is 0 Å². The molecule has 23 heavy (non-hydrogen) atoms. The molecule has 0 fully saturated rings. The van der Waals surface area contributed by atoms with E-state index in [1.165, 1.54) is 10.4 Å². The first-order valence-electron chi connectivity index (χ1n) is 8.16. The Morgan fingerprint density at radius 3 is 3.30 bits per heavy atom. The highest BCUT2D eigenvalue weighted by atomic mass is 32.1. The van der Waals surface area contributed by atoms with Gasteiger partial charge in [-0.05, 0) is 36.8 Å². The number of carbonyl (C=O) groups is 1. The first-order chi connectivity index (χ1) is 11.2. The molecule has 1 atom stereocenters. The lowest BCUT2D eigenvalue weighted by molar-refractivity contribution is -0.131. The summed E-state index contributed by atoms with van der Waals surface area (Å²) >= 11 is 1.80. The molecule has 2 aliphatic rings. The van der Waals surface area contributed by atoms with E-state index in [4.69, 9.17) is 0 Å². The second-order valence-corrected chi connectivity index (χ2v) is 7.31. The van der Waals surface area contributed by atoms with E-state index in [-0.39, 0.29) is 5.91 Å². The van der Waals surface area contributed by atoms with Gasteiger partial charge in [0, 0.05) is 30.4 Å². The first kappa shape index (κ1) is 14.8. The van der Waals surface area contributed by atoms with Crippen molar-refractivity contribution in [2.45, 2.75) is 45.3 Å². The van der Waals surface area contributed by atoms with E-state index in [9.17, 15) is 4.79 Å². The second-order valence-electron chi connectivity index (χ2n) is 6.31. The third kappa shape index (κ3) is 3.03. The van der Waals surface area contributed by atoms with Crippen molar-refractivity contribution in [3.63, 3.8) is 0 Å². The lowest BCUT2D eigenvalue weighted by Crippen LogP contribution is -2.45. The summed E-state index contributed by atoms with van der Waals surface area (Å²) in [6.45, 7) is 4.74. The van der Waals surface area contributed by atoms with E-state index in [1.807, 2.05) is 16.5 Å². The Morgan fingerprint density at radius 1 is 1.48 bits per heavy atom. The molecule has 0 unspecified atom stereocenters. The van der Waals surface area contributed by atoms with Crippen molar-refractivity contribution in [1.29, 1.82) is 0 Å². The van der Waals surface area contributed by atoms with Crippen LogP contribution in [0.25, 0.3) is 0 Å². The summed E-state index contributed by atoms with van der Waals surface area (Å²) < 4.78 is 1.97. The van der Waals surface area contributed by atoms with Crippen LogP contribution in [0.3, 0.4) is 0 Å². The van der Waals surface area contributed by atoms with Gasteiger partial charge in [-0.2, -0.15) is 5.10 Å². The number of aryl methyl sites for hydroxylation is 2. The lowest BCUT2D eigenvalue weighted by Gasteiger charge is -2.29. The molecular weight excluding hydrogens is 310 g/mol. The molecule has 0 saturated carbocycles. The molecule has 1 N–H and O–H groups in total. The number of fused-ring (bicyclic) bond motifs is 2. The fourth-order valence-corrected chi connectivity index (χ4v) is 4.29. The number of nitrogens with one attached hydrogen (secondary N) is 1. The summed E-state index contributed by atoms with van der Waals surface area (Å²) in [5.41, 5.74) is 1.31. The van der Waals surface area contributed by atoms with Gasteiger partial charge < -0.3 is 10.2 Å². The Hall–Kier alpha value is -1.73. The molecule has 0 saturated heterocycles. The zero-order valence-electron chi connectivity index (χ0n) is 13.3. The Morgan fingerprint density at radius 2 is 2.39 bits per heavy atom. The maximum atomic E-state index is 12.5. The van der Waals surface area contributed by atoms with E-state index in [1.54, 1.807) is 11.3 Å². The Kier molecular flexibility index (Phi) is 3.90. The van der Waals surface area contributed by atoms with Gasteiger partial charge in [-0.15, -0.1) is 11.3 Å². The van der Waals surface area contributed by atoms with Crippen LogP contribution in [0.2, 0.25) is 0 Å². The fourth-order valence-electron chi connectivity index (χ4n) is 3.41. The predicted molar refractivity (Wildman–Crippen MR) is 88.3 cm³/mol.